The Balaban J connectivity index is 2.23. The number of rotatable bonds is 2. The first-order valence-electron chi connectivity index (χ1n) is 4.74. The molecule has 0 bridgehead atoms. The Morgan fingerprint density at radius 3 is 3.00 bits per heavy atom. The van der Waals surface area contributed by atoms with Gasteiger partial charge in [0.05, 0.1) is 10.6 Å². The smallest absolute Gasteiger partial charge is 0.205 e. The van der Waals surface area contributed by atoms with E-state index in [-0.39, 0.29) is 5.78 Å². The van der Waals surface area contributed by atoms with Crippen molar-refractivity contribution in [1.29, 1.82) is 0 Å². The van der Waals surface area contributed by atoms with Crippen molar-refractivity contribution in [2.24, 2.45) is 0 Å². The van der Waals surface area contributed by atoms with Gasteiger partial charge in [-0.05, 0) is 44.3 Å². The lowest BCUT2D eigenvalue weighted by Gasteiger charge is -2.19. The van der Waals surface area contributed by atoms with E-state index in [1.165, 1.54) is 11.5 Å². The molecule has 1 aliphatic heterocycles. The molecule has 0 N–H and O–H groups in total. The molecule has 0 spiro atoms. The number of nitrogens with zero attached hydrogens (tertiary/aromatic N) is 1. The molecule has 1 aliphatic rings. The first-order chi connectivity index (χ1) is 6.62. The molecule has 0 saturated carbocycles. The highest BCUT2D eigenvalue weighted by atomic mass is 32.1. The van der Waals surface area contributed by atoms with Gasteiger partial charge in [-0.3, -0.25) is 4.79 Å². The van der Waals surface area contributed by atoms with Gasteiger partial charge < -0.3 is 4.74 Å². The lowest BCUT2D eigenvalue weighted by molar-refractivity contribution is 0.0217. The number of ether oxygens (including phenoxy) is 1. The van der Waals surface area contributed by atoms with E-state index in [4.69, 9.17) is 4.74 Å². The van der Waals surface area contributed by atoms with Gasteiger partial charge in [0.2, 0.25) is 5.78 Å². The zero-order chi connectivity index (χ0) is 10.2. The highest BCUT2D eigenvalue weighted by molar-refractivity contribution is 7.08. The summed E-state index contributed by atoms with van der Waals surface area (Å²) in [7, 11) is 0. The van der Waals surface area contributed by atoms with Gasteiger partial charge in [0, 0.05) is 6.61 Å². The number of carbonyl (C=O) groups is 1. The average molecular weight is 211 g/mol. The van der Waals surface area contributed by atoms with Gasteiger partial charge in [-0.1, -0.05) is 0 Å². The fourth-order valence-corrected chi connectivity index (χ4v) is 2.51. The van der Waals surface area contributed by atoms with Crippen molar-refractivity contribution < 1.29 is 9.53 Å². The highest BCUT2D eigenvalue weighted by Crippen LogP contribution is 2.30. The van der Waals surface area contributed by atoms with Gasteiger partial charge >= 0.3 is 0 Å². The Bertz CT molecular complexity index is 353. The molecular weight excluding hydrogens is 198 g/mol. The number of aryl methyl sites for hydroxylation is 1. The normalized spacial score (nSPS) is 26.7. The molecule has 4 heteroatoms. The fourth-order valence-electron chi connectivity index (χ4n) is 1.69. The topological polar surface area (TPSA) is 39.2 Å². The number of aromatic nitrogens is 1. The Labute approximate surface area is 87.3 Å². The molecule has 0 amide bonds. The van der Waals surface area contributed by atoms with Gasteiger partial charge in [0.15, 0.2) is 0 Å². The molecule has 1 aromatic heterocycles. The van der Waals surface area contributed by atoms with Crippen molar-refractivity contribution in [2.75, 3.05) is 6.61 Å². The number of hydrogen-bond donors (Lipinski definition) is 0. The van der Waals surface area contributed by atoms with Crippen LogP contribution in [0.3, 0.4) is 0 Å². The minimum Gasteiger partial charge on any atom is -0.367 e. The maximum atomic E-state index is 12.0. The van der Waals surface area contributed by atoms with Crippen LogP contribution in [-0.2, 0) is 4.74 Å². The first-order valence-corrected chi connectivity index (χ1v) is 5.51. The maximum absolute atomic E-state index is 12.0. The van der Waals surface area contributed by atoms with E-state index >= 15 is 0 Å². The second-order valence-electron chi connectivity index (χ2n) is 3.84. The van der Waals surface area contributed by atoms with E-state index in [9.17, 15) is 4.79 Å². The van der Waals surface area contributed by atoms with E-state index in [0.29, 0.717) is 11.5 Å². The molecular formula is C10H13NO2S. The van der Waals surface area contributed by atoms with Crippen LogP contribution in [0, 0.1) is 6.92 Å². The van der Waals surface area contributed by atoms with E-state index in [2.05, 4.69) is 4.37 Å². The molecule has 0 aliphatic carbocycles. The van der Waals surface area contributed by atoms with Gasteiger partial charge in [-0.15, -0.1) is 0 Å². The van der Waals surface area contributed by atoms with Crippen LogP contribution in [0.1, 0.15) is 35.1 Å². The van der Waals surface area contributed by atoms with E-state index in [0.717, 1.165) is 18.5 Å². The number of ketones is 1. The zero-order valence-corrected chi connectivity index (χ0v) is 9.19. The maximum Gasteiger partial charge on any atom is 0.205 e. The molecule has 1 saturated heterocycles. The summed E-state index contributed by atoms with van der Waals surface area (Å²) in [4.78, 5) is 12.7. The zero-order valence-electron chi connectivity index (χ0n) is 8.37. The van der Waals surface area contributed by atoms with Crippen molar-refractivity contribution in [2.45, 2.75) is 32.3 Å². The molecule has 76 valence electrons. The van der Waals surface area contributed by atoms with Crippen molar-refractivity contribution >= 4 is 17.3 Å². The minimum atomic E-state index is -0.598. The van der Waals surface area contributed by atoms with E-state index < -0.39 is 5.60 Å². The van der Waals surface area contributed by atoms with Crippen LogP contribution in [0.4, 0.5) is 0 Å². The standard InChI is InChI=1S/C10H13NO2S/c1-7-6-8(14-11-7)9(12)10(2)4-3-5-13-10/h6H,3-5H2,1-2H3. The van der Waals surface area contributed by atoms with Crippen LogP contribution in [0.15, 0.2) is 6.07 Å². The van der Waals surface area contributed by atoms with Crippen molar-refractivity contribution in [1.82, 2.24) is 4.37 Å². The average Bonchev–Trinajstić information content (AvgIpc) is 2.74. The molecule has 2 heterocycles. The molecule has 3 nitrogen and oxygen atoms in total. The third kappa shape index (κ3) is 1.60. The van der Waals surface area contributed by atoms with Gasteiger partial charge in [-0.25, -0.2) is 0 Å². The molecule has 1 atom stereocenters. The van der Waals surface area contributed by atoms with Gasteiger partial charge in [0.1, 0.15) is 5.60 Å². The Morgan fingerprint density at radius 2 is 2.50 bits per heavy atom. The predicted molar refractivity (Wildman–Crippen MR) is 54.8 cm³/mol. The van der Waals surface area contributed by atoms with Crippen LogP contribution in [0.5, 0.6) is 0 Å². The number of Topliss-reactive ketones (excluding diaryl/α,β-unsaturated/α-hetero) is 1. The molecule has 0 aromatic carbocycles. The fraction of sp³-hybridized carbons (Fsp3) is 0.600. The summed E-state index contributed by atoms with van der Waals surface area (Å²) >= 11 is 1.26. The van der Waals surface area contributed by atoms with E-state index in [1.54, 1.807) is 0 Å². The Kier molecular flexibility index (Phi) is 2.41. The van der Waals surface area contributed by atoms with Crippen LogP contribution in [-0.4, -0.2) is 22.4 Å². The molecule has 1 unspecified atom stereocenters. The monoisotopic (exact) mass is 211 g/mol. The van der Waals surface area contributed by atoms with Crippen LogP contribution >= 0.6 is 11.5 Å². The molecule has 1 fully saturated rings. The second-order valence-corrected chi connectivity index (χ2v) is 4.65. The summed E-state index contributed by atoms with van der Waals surface area (Å²) < 4.78 is 9.60. The SMILES string of the molecule is Cc1cc(C(=O)C2(C)CCCO2)sn1. The summed E-state index contributed by atoms with van der Waals surface area (Å²) in [6, 6.07) is 1.83. The third-order valence-electron chi connectivity index (χ3n) is 2.55. The quantitative estimate of drug-likeness (QED) is 0.704. The lowest BCUT2D eigenvalue weighted by Crippen LogP contribution is -2.33. The third-order valence-corrected chi connectivity index (χ3v) is 3.43. The lowest BCUT2D eigenvalue weighted by atomic mass is 9.96. The van der Waals surface area contributed by atoms with E-state index in [1.807, 2.05) is 19.9 Å². The van der Waals surface area contributed by atoms with Crippen molar-refractivity contribution in [3.8, 4) is 0 Å². The van der Waals surface area contributed by atoms with Crippen molar-refractivity contribution in [3.05, 3.63) is 16.6 Å². The van der Waals surface area contributed by atoms with Crippen LogP contribution in [0.2, 0.25) is 0 Å². The van der Waals surface area contributed by atoms with Crippen LogP contribution < -0.4 is 0 Å². The molecule has 2 rings (SSSR count). The molecule has 0 radical (unpaired) electrons. The predicted octanol–water partition coefficient (Wildman–Crippen LogP) is 2.20. The summed E-state index contributed by atoms with van der Waals surface area (Å²) in [5, 5.41) is 0. The van der Waals surface area contributed by atoms with Crippen LogP contribution in [0.25, 0.3) is 0 Å². The molecule has 14 heavy (non-hydrogen) atoms. The largest absolute Gasteiger partial charge is 0.367 e. The van der Waals surface area contributed by atoms with Gasteiger partial charge in [-0.2, -0.15) is 4.37 Å². The van der Waals surface area contributed by atoms with Crippen molar-refractivity contribution in [3.63, 3.8) is 0 Å². The Morgan fingerprint density at radius 1 is 1.71 bits per heavy atom. The summed E-state index contributed by atoms with van der Waals surface area (Å²) in [5.74, 6) is 0.0839. The number of carbonyl (C=O) groups excluding carboxylic acids is 1. The number of hydrogen-bond acceptors (Lipinski definition) is 4. The highest BCUT2D eigenvalue weighted by Gasteiger charge is 2.38. The summed E-state index contributed by atoms with van der Waals surface area (Å²) in [6.07, 6.45) is 1.79. The molecule has 1 aromatic rings. The first kappa shape index (κ1) is 9.80. The summed E-state index contributed by atoms with van der Waals surface area (Å²) in [6.45, 7) is 4.46. The summed E-state index contributed by atoms with van der Waals surface area (Å²) in [5.41, 5.74) is 0.304. The second kappa shape index (κ2) is 3.44. The minimum absolute atomic E-state index is 0.0839. The van der Waals surface area contributed by atoms with Gasteiger partial charge in [0.25, 0.3) is 0 Å². The Hall–Kier alpha value is -0.740.